The number of hydrogen-bond donors (Lipinski definition) is 1. The molecule has 1 aromatic carbocycles. The first-order valence-electron chi connectivity index (χ1n) is 4.57. The van der Waals surface area contributed by atoms with Gasteiger partial charge in [-0.15, -0.1) is 23.4 Å². The lowest BCUT2D eigenvalue weighted by Gasteiger charge is -2.08. The summed E-state index contributed by atoms with van der Waals surface area (Å²) >= 11 is 7.17. The SMILES string of the molecule is Cc1ccc(SCC(O)CCl)c(C)c1. The molecule has 0 aliphatic carbocycles. The molecule has 1 N–H and O–H groups in total. The van der Waals surface area contributed by atoms with E-state index in [4.69, 9.17) is 11.6 Å². The van der Waals surface area contributed by atoms with E-state index in [1.54, 1.807) is 11.8 Å². The average molecular weight is 231 g/mol. The zero-order valence-corrected chi connectivity index (χ0v) is 10.0. The second kappa shape index (κ2) is 5.64. The van der Waals surface area contributed by atoms with Gasteiger partial charge in [0.2, 0.25) is 0 Å². The van der Waals surface area contributed by atoms with Crippen LogP contribution in [0.3, 0.4) is 0 Å². The highest BCUT2D eigenvalue weighted by atomic mass is 35.5. The van der Waals surface area contributed by atoms with Gasteiger partial charge in [-0.05, 0) is 25.5 Å². The lowest BCUT2D eigenvalue weighted by Crippen LogP contribution is -2.11. The van der Waals surface area contributed by atoms with E-state index in [0.29, 0.717) is 11.6 Å². The average Bonchev–Trinajstić information content (AvgIpc) is 2.16. The Morgan fingerprint density at radius 1 is 1.43 bits per heavy atom. The minimum absolute atomic E-state index is 0.303. The van der Waals surface area contributed by atoms with Crippen molar-refractivity contribution in [1.82, 2.24) is 0 Å². The first-order valence-corrected chi connectivity index (χ1v) is 6.09. The molecule has 0 heterocycles. The van der Waals surface area contributed by atoms with Gasteiger partial charge in [0.15, 0.2) is 0 Å². The van der Waals surface area contributed by atoms with Crippen LogP contribution in [-0.4, -0.2) is 22.8 Å². The Morgan fingerprint density at radius 3 is 2.71 bits per heavy atom. The monoisotopic (exact) mass is 230 g/mol. The molecule has 1 aromatic rings. The third-order valence-electron chi connectivity index (χ3n) is 1.94. The van der Waals surface area contributed by atoms with Crippen LogP contribution in [0.1, 0.15) is 11.1 Å². The number of alkyl halides is 1. The Morgan fingerprint density at radius 2 is 2.14 bits per heavy atom. The highest BCUT2D eigenvalue weighted by molar-refractivity contribution is 7.99. The normalized spacial score (nSPS) is 12.9. The smallest absolute Gasteiger partial charge is 0.0769 e. The summed E-state index contributed by atoms with van der Waals surface area (Å²) in [5.41, 5.74) is 2.53. The zero-order valence-electron chi connectivity index (χ0n) is 8.46. The summed E-state index contributed by atoms with van der Waals surface area (Å²) in [5, 5.41) is 9.31. The van der Waals surface area contributed by atoms with Crippen LogP contribution in [0.25, 0.3) is 0 Å². The number of rotatable bonds is 4. The van der Waals surface area contributed by atoms with Gasteiger partial charge in [-0.3, -0.25) is 0 Å². The summed E-state index contributed by atoms with van der Waals surface area (Å²) < 4.78 is 0. The van der Waals surface area contributed by atoms with Crippen LogP contribution in [0.15, 0.2) is 23.1 Å². The van der Waals surface area contributed by atoms with Crippen LogP contribution >= 0.6 is 23.4 Å². The Balaban J connectivity index is 2.59. The van der Waals surface area contributed by atoms with Crippen molar-refractivity contribution < 1.29 is 5.11 Å². The van der Waals surface area contributed by atoms with Crippen molar-refractivity contribution in [3.05, 3.63) is 29.3 Å². The minimum Gasteiger partial charge on any atom is -0.391 e. The molecule has 1 nitrogen and oxygen atoms in total. The molecule has 0 fully saturated rings. The van der Waals surface area contributed by atoms with E-state index in [1.807, 2.05) is 0 Å². The molecule has 0 amide bonds. The van der Waals surface area contributed by atoms with Gasteiger partial charge >= 0.3 is 0 Å². The van der Waals surface area contributed by atoms with Crippen LogP contribution < -0.4 is 0 Å². The third kappa shape index (κ3) is 3.52. The number of hydrogen-bond acceptors (Lipinski definition) is 2. The molecule has 0 bridgehead atoms. The van der Waals surface area contributed by atoms with Crippen molar-refractivity contribution >= 4 is 23.4 Å². The van der Waals surface area contributed by atoms with Gasteiger partial charge in [0.1, 0.15) is 0 Å². The van der Waals surface area contributed by atoms with Gasteiger partial charge in [0, 0.05) is 16.5 Å². The maximum Gasteiger partial charge on any atom is 0.0769 e. The molecule has 0 saturated carbocycles. The molecule has 3 heteroatoms. The molecule has 14 heavy (non-hydrogen) atoms. The number of benzene rings is 1. The highest BCUT2D eigenvalue weighted by Crippen LogP contribution is 2.23. The fourth-order valence-electron chi connectivity index (χ4n) is 1.19. The molecule has 0 aliphatic heterocycles. The van der Waals surface area contributed by atoms with E-state index in [9.17, 15) is 5.11 Å². The quantitative estimate of drug-likeness (QED) is 0.634. The summed E-state index contributed by atoms with van der Waals surface area (Å²) in [6.45, 7) is 4.16. The molecular formula is C11H15ClOS. The minimum atomic E-state index is -0.414. The van der Waals surface area contributed by atoms with Gasteiger partial charge in [0.25, 0.3) is 0 Å². The van der Waals surface area contributed by atoms with E-state index in [1.165, 1.54) is 16.0 Å². The Kier molecular flexibility index (Phi) is 4.79. The highest BCUT2D eigenvalue weighted by Gasteiger charge is 2.04. The largest absolute Gasteiger partial charge is 0.391 e. The standard InChI is InChI=1S/C11H15ClOS/c1-8-3-4-11(9(2)5-8)14-7-10(13)6-12/h3-5,10,13H,6-7H2,1-2H3. The Hall–Kier alpha value is -0.180. The van der Waals surface area contributed by atoms with Crippen LogP contribution in [0.5, 0.6) is 0 Å². The summed E-state index contributed by atoms with van der Waals surface area (Å²) in [6, 6.07) is 6.33. The van der Waals surface area contributed by atoms with E-state index in [-0.39, 0.29) is 0 Å². The molecule has 1 rings (SSSR count). The van der Waals surface area contributed by atoms with Gasteiger partial charge in [-0.25, -0.2) is 0 Å². The third-order valence-corrected chi connectivity index (χ3v) is 3.62. The van der Waals surface area contributed by atoms with Crippen molar-refractivity contribution in [1.29, 1.82) is 0 Å². The zero-order chi connectivity index (χ0) is 10.6. The lowest BCUT2D eigenvalue weighted by atomic mass is 10.2. The number of aliphatic hydroxyl groups is 1. The maximum absolute atomic E-state index is 9.31. The molecule has 0 saturated heterocycles. The van der Waals surface area contributed by atoms with Crippen molar-refractivity contribution in [3.63, 3.8) is 0 Å². The number of aryl methyl sites for hydroxylation is 2. The summed E-state index contributed by atoms with van der Waals surface area (Å²) in [7, 11) is 0. The van der Waals surface area contributed by atoms with Crippen molar-refractivity contribution in [2.24, 2.45) is 0 Å². The van der Waals surface area contributed by atoms with Crippen molar-refractivity contribution in [3.8, 4) is 0 Å². The Labute approximate surface area is 94.5 Å². The van der Waals surface area contributed by atoms with Crippen LogP contribution in [-0.2, 0) is 0 Å². The fraction of sp³-hybridized carbons (Fsp3) is 0.455. The van der Waals surface area contributed by atoms with Gasteiger partial charge < -0.3 is 5.11 Å². The first kappa shape index (κ1) is 11.9. The predicted octanol–water partition coefficient (Wildman–Crippen LogP) is 3.00. The summed E-state index contributed by atoms with van der Waals surface area (Å²) in [6.07, 6.45) is -0.414. The molecular weight excluding hydrogens is 216 g/mol. The maximum atomic E-state index is 9.31. The number of halogens is 1. The van der Waals surface area contributed by atoms with E-state index >= 15 is 0 Å². The molecule has 0 spiro atoms. The van der Waals surface area contributed by atoms with Gasteiger partial charge in [0.05, 0.1) is 6.10 Å². The second-order valence-electron chi connectivity index (χ2n) is 3.39. The molecule has 1 atom stereocenters. The lowest BCUT2D eigenvalue weighted by molar-refractivity contribution is 0.223. The second-order valence-corrected chi connectivity index (χ2v) is 4.76. The summed E-state index contributed by atoms with van der Waals surface area (Å²) in [4.78, 5) is 1.22. The Bertz CT molecular complexity index is 301. The van der Waals surface area contributed by atoms with E-state index < -0.39 is 6.10 Å². The van der Waals surface area contributed by atoms with Crippen LogP contribution in [0.2, 0.25) is 0 Å². The van der Waals surface area contributed by atoms with Gasteiger partial charge in [-0.2, -0.15) is 0 Å². The van der Waals surface area contributed by atoms with Crippen molar-refractivity contribution in [2.45, 2.75) is 24.8 Å². The predicted molar refractivity (Wildman–Crippen MR) is 63.4 cm³/mol. The summed E-state index contributed by atoms with van der Waals surface area (Å²) in [5.74, 6) is 0.964. The van der Waals surface area contributed by atoms with Gasteiger partial charge in [-0.1, -0.05) is 17.7 Å². The topological polar surface area (TPSA) is 20.2 Å². The first-order chi connectivity index (χ1) is 6.63. The fourth-order valence-corrected chi connectivity index (χ4v) is 2.37. The van der Waals surface area contributed by atoms with E-state index in [0.717, 1.165) is 0 Å². The van der Waals surface area contributed by atoms with Crippen LogP contribution in [0, 0.1) is 13.8 Å². The van der Waals surface area contributed by atoms with E-state index in [2.05, 4.69) is 32.0 Å². The molecule has 1 unspecified atom stereocenters. The number of thioether (sulfide) groups is 1. The molecule has 0 radical (unpaired) electrons. The number of aliphatic hydroxyl groups excluding tert-OH is 1. The molecule has 0 aliphatic rings. The van der Waals surface area contributed by atoms with Crippen LogP contribution in [0.4, 0.5) is 0 Å². The molecule has 78 valence electrons. The molecule has 0 aromatic heterocycles. The van der Waals surface area contributed by atoms with Crippen molar-refractivity contribution in [2.75, 3.05) is 11.6 Å².